The fraction of sp³-hybridized carbons (Fsp3) is 0.316. The van der Waals surface area contributed by atoms with Crippen LogP contribution in [0.15, 0.2) is 48.5 Å². The van der Waals surface area contributed by atoms with Gasteiger partial charge < -0.3 is 14.8 Å². The summed E-state index contributed by atoms with van der Waals surface area (Å²) in [6.45, 7) is 3.39. The summed E-state index contributed by atoms with van der Waals surface area (Å²) in [5.74, 6) is 1.55. The van der Waals surface area contributed by atoms with E-state index in [1.54, 1.807) is 0 Å². The van der Waals surface area contributed by atoms with Crippen molar-refractivity contribution < 1.29 is 14.3 Å². The molecule has 3 rings (SSSR count). The van der Waals surface area contributed by atoms with Crippen LogP contribution in [0.3, 0.4) is 0 Å². The van der Waals surface area contributed by atoms with Crippen molar-refractivity contribution in [1.29, 1.82) is 0 Å². The Morgan fingerprint density at radius 1 is 1.12 bits per heavy atom. The van der Waals surface area contributed by atoms with Gasteiger partial charge in [0.15, 0.2) is 11.5 Å². The summed E-state index contributed by atoms with van der Waals surface area (Å²) >= 11 is 0. The first-order chi connectivity index (χ1) is 11.6. The predicted molar refractivity (Wildman–Crippen MR) is 91.8 cm³/mol. The van der Waals surface area contributed by atoms with Gasteiger partial charge in [-0.05, 0) is 37.2 Å². The maximum atomic E-state index is 12.3. The Hall–Kier alpha value is -2.53. The van der Waals surface area contributed by atoms with E-state index in [9.17, 15) is 4.79 Å². The Morgan fingerprint density at radius 2 is 1.88 bits per heavy atom. The van der Waals surface area contributed by atoms with Crippen LogP contribution in [0, 0.1) is 0 Å². The van der Waals surface area contributed by atoms with Crippen LogP contribution in [-0.2, 0) is 17.9 Å². The van der Waals surface area contributed by atoms with E-state index in [2.05, 4.69) is 5.32 Å². The largest absolute Gasteiger partial charge is 0.454 e. The molecule has 0 fully saturated rings. The third kappa shape index (κ3) is 3.86. The summed E-state index contributed by atoms with van der Waals surface area (Å²) in [4.78, 5) is 14.3. The molecule has 0 radical (unpaired) electrons. The fourth-order valence-corrected chi connectivity index (χ4v) is 2.60. The van der Waals surface area contributed by atoms with Gasteiger partial charge in [0.2, 0.25) is 12.7 Å². The first-order valence-electron chi connectivity index (χ1n) is 8.04. The highest BCUT2D eigenvalue weighted by molar-refractivity contribution is 5.81. The second-order valence-corrected chi connectivity index (χ2v) is 5.98. The van der Waals surface area contributed by atoms with Gasteiger partial charge >= 0.3 is 0 Å². The Kier molecular flexibility index (Phi) is 5.01. The predicted octanol–water partition coefficient (Wildman–Crippen LogP) is 2.55. The zero-order valence-corrected chi connectivity index (χ0v) is 14.0. The van der Waals surface area contributed by atoms with Crippen LogP contribution in [0.1, 0.15) is 18.1 Å². The number of carbonyl (C=O) groups excluding carboxylic acids is 1. The Balaban J connectivity index is 1.54. The Morgan fingerprint density at radius 3 is 2.67 bits per heavy atom. The van der Waals surface area contributed by atoms with E-state index in [0.717, 1.165) is 22.6 Å². The highest BCUT2D eigenvalue weighted by Gasteiger charge is 2.19. The van der Waals surface area contributed by atoms with E-state index >= 15 is 0 Å². The number of hydrogen-bond acceptors (Lipinski definition) is 4. The maximum Gasteiger partial charge on any atom is 0.237 e. The molecular weight excluding hydrogens is 304 g/mol. The van der Waals surface area contributed by atoms with Crippen molar-refractivity contribution in [2.24, 2.45) is 0 Å². The molecule has 126 valence electrons. The smallest absolute Gasteiger partial charge is 0.237 e. The number of fused-ring (bicyclic) bond motifs is 1. The summed E-state index contributed by atoms with van der Waals surface area (Å²) in [5.41, 5.74) is 2.18. The number of hydrogen-bond donors (Lipinski definition) is 1. The van der Waals surface area contributed by atoms with Gasteiger partial charge in [-0.15, -0.1) is 0 Å². The normalized spacial score (nSPS) is 13.8. The molecule has 0 aromatic heterocycles. The summed E-state index contributed by atoms with van der Waals surface area (Å²) in [5, 5.41) is 2.98. The molecule has 24 heavy (non-hydrogen) atoms. The standard InChI is InChI=1S/C19H22N2O3/c1-14(19(22)20-11-15-6-4-3-5-7-15)21(2)12-16-8-9-17-18(10-16)24-13-23-17/h3-10,14H,11-13H2,1-2H3,(H,20,22)/t14-/m0/s1. The van der Waals surface area contributed by atoms with Crippen molar-refractivity contribution in [3.05, 3.63) is 59.7 Å². The second-order valence-electron chi connectivity index (χ2n) is 5.98. The lowest BCUT2D eigenvalue weighted by molar-refractivity contribution is -0.125. The van der Waals surface area contributed by atoms with E-state index in [-0.39, 0.29) is 18.7 Å². The summed E-state index contributed by atoms with van der Waals surface area (Å²) in [6, 6.07) is 15.6. The molecule has 0 unspecified atom stereocenters. The molecule has 0 saturated heterocycles. The highest BCUT2D eigenvalue weighted by atomic mass is 16.7. The molecule has 5 nitrogen and oxygen atoms in total. The second kappa shape index (κ2) is 7.36. The third-order valence-electron chi connectivity index (χ3n) is 4.22. The fourth-order valence-electron chi connectivity index (χ4n) is 2.60. The summed E-state index contributed by atoms with van der Waals surface area (Å²) < 4.78 is 10.7. The van der Waals surface area contributed by atoms with Crippen molar-refractivity contribution in [2.45, 2.75) is 26.1 Å². The van der Waals surface area contributed by atoms with Gasteiger partial charge in [0, 0.05) is 13.1 Å². The lowest BCUT2D eigenvalue weighted by atomic mass is 10.1. The molecule has 0 spiro atoms. The monoisotopic (exact) mass is 326 g/mol. The van der Waals surface area contributed by atoms with E-state index in [1.807, 2.05) is 67.4 Å². The Labute approximate surface area is 142 Å². The molecule has 0 aliphatic carbocycles. The van der Waals surface area contributed by atoms with Gasteiger partial charge in [-0.1, -0.05) is 36.4 Å². The van der Waals surface area contributed by atoms with Crippen molar-refractivity contribution in [1.82, 2.24) is 10.2 Å². The average molecular weight is 326 g/mol. The zero-order chi connectivity index (χ0) is 16.9. The van der Waals surface area contributed by atoms with Gasteiger partial charge in [-0.3, -0.25) is 9.69 Å². The van der Waals surface area contributed by atoms with Crippen molar-refractivity contribution in [3.63, 3.8) is 0 Å². The minimum atomic E-state index is -0.223. The van der Waals surface area contributed by atoms with Gasteiger partial charge in [0.25, 0.3) is 0 Å². The minimum Gasteiger partial charge on any atom is -0.454 e. The number of nitrogens with zero attached hydrogens (tertiary/aromatic N) is 1. The number of rotatable bonds is 6. The van der Waals surface area contributed by atoms with Gasteiger partial charge in [-0.2, -0.15) is 0 Å². The third-order valence-corrected chi connectivity index (χ3v) is 4.22. The topological polar surface area (TPSA) is 50.8 Å². The first-order valence-corrected chi connectivity index (χ1v) is 8.04. The van der Waals surface area contributed by atoms with Gasteiger partial charge in [-0.25, -0.2) is 0 Å². The summed E-state index contributed by atoms with van der Waals surface area (Å²) in [6.07, 6.45) is 0. The average Bonchev–Trinajstić information content (AvgIpc) is 3.07. The molecule has 1 aliphatic heterocycles. The first kappa shape index (κ1) is 16.3. The molecule has 1 atom stereocenters. The molecule has 0 bridgehead atoms. The maximum absolute atomic E-state index is 12.3. The van der Waals surface area contributed by atoms with Crippen molar-refractivity contribution in [3.8, 4) is 11.5 Å². The molecule has 1 amide bonds. The molecule has 2 aromatic carbocycles. The molecule has 1 N–H and O–H groups in total. The van der Waals surface area contributed by atoms with Crippen LogP contribution < -0.4 is 14.8 Å². The van der Waals surface area contributed by atoms with Crippen LogP contribution in [0.4, 0.5) is 0 Å². The van der Waals surface area contributed by atoms with Crippen LogP contribution in [-0.4, -0.2) is 30.7 Å². The SMILES string of the molecule is C[C@@H](C(=O)NCc1ccccc1)N(C)Cc1ccc2c(c1)OCO2. The number of likely N-dealkylation sites (N-methyl/N-ethyl adjacent to an activating group) is 1. The van der Waals surface area contributed by atoms with E-state index in [4.69, 9.17) is 9.47 Å². The van der Waals surface area contributed by atoms with E-state index < -0.39 is 0 Å². The molecule has 2 aromatic rings. The molecule has 1 heterocycles. The lowest BCUT2D eigenvalue weighted by Gasteiger charge is -2.24. The van der Waals surface area contributed by atoms with Crippen LogP contribution >= 0.6 is 0 Å². The van der Waals surface area contributed by atoms with Crippen molar-refractivity contribution >= 4 is 5.91 Å². The van der Waals surface area contributed by atoms with Crippen LogP contribution in [0.2, 0.25) is 0 Å². The number of amides is 1. The highest BCUT2D eigenvalue weighted by Crippen LogP contribution is 2.32. The molecule has 0 saturated carbocycles. The quantitative estimate of drug-likeness (QED) is 0.886. The molecular formula is C19H22N2O3. The number of benzene rings is 2. The van der Waals surface area contributed by atoms with Gasteiger partial charge in [0.1, 0.15) is 0 Å². The van der Waals surface area contributed by atoms with E-state index in [1.165, 1.54) is 0 Å². The number of ether oxygens (including phenoxy) is 2. The van der Waals surface area contributed by atoms with Crippen LogP contribution in [0.25, 0.3) is 0 Å². The number of nitrogens with one attached hydrogen (secondary N) is 1. The Bertz CT molecular complexity index is 703. The molecule has 5 heteroatoms. The lowest BCUT2D eigenvalue weighted by Crippen LogP contribution is -2.42. The molecule has 1 aliphatic rings. The minimum absolute atomic E-state index is 0.0158. The van der Waals surface area contributed by atoms with Crippen molar-refractivity contribution in [2.75, 3.05) is 13.8 Å². The zero-order valence-electron chi connectivity index (χ0n) is 14.0. The van der Waals surface area contributed by atoms with Crippen LogP contribution in [0.5, 0.6) is 11.5 Å². The van der Waals surface area contributed by atoms with Gasteiger partial charge in [0.05, 0.1) is 6.04 Å². The summed E-state index contributed by atoms with van der Waals surface area (Å²) in [7, 11) is 1.94. The van der Waals surface area contributed by atoms with E-state index in [0.29, 0.717) is 13.1 Å². The number of carbonyl (C=O) groups is 1.